The fourth-order valence-corrected chi connectivity index (χ4v) is 3.21. The standard InChI is InChI=1S/C19H26N4O2/c1-3-10-25-16-8-5-9-23(13-16)19(24)15-7-4-6-14(11-15)17-12-21-22(2)18(17)20/h4,6-7,11-12,16H,3,5,8-10,13,20H2,1-2H3. The van der Waals surface area contributed by atoms with E-state index in [4.69, 9.17) is 10.5 Å². The third-order valence-corrected chi connectivity index (χ3v) is 4.63. The Hall–Kier alpha value is -2.34. The molecule has 1 atom stereocenters. The predicted octanol–water partition coefficient (Wildman–Crippen LogP) is 2.70. The van der Waals surface area contributed by atoms with Gasteiger partial charge in [-0.2, -0.15) is 5.10 Å². The van der Waals surface area contributed by atoms with Crippen LogP contribution in [0.2, 0.25) is 0 Å². The second-order valence-corrected chi connectivity index (χ2v) is 6.53. The molecule has 134 valence electrons. The molecule has 2 N–H and O–H groups in total. The van der Waals surface area contributed by atoms with Crippen LogP contribution in [0.5, 0.6) is 0 Å². The van der Waals surface area contributed by atoms with Gasteiger partial charge < -0.3 is 15.4 Å². The fourth-order valence-electron chi connectivity index (χ4n) is 3.21. The highest BCUT2D eigenvalue weighted by molar-refractivity contribution is 5.96. The molecule has 2 heterocycles. The topological polar surface area (TPSA) is 73.4 Å². The van der Waals surface area contributed by atoms with Crippen molar-refractivity contribution in [1.82, 2.24) is 14.7 Å². The van der Waals surface area contributed by atoms with Crippen LogP contribution < -0.4 is 5.73 Å². The van der Waals surface area contributed by atoms with Gasteiger partial charge in [-0.05, 0) is 37.0 Å². The maximum atomic E-state index is 12.9. The van der Waals surface area contributed by atoms with E-state index in [-0.39, 0.29) is 12.0 Å². The quantitative estimate of drug-likeness (QED) is 0.907. The molecule has 0 aliphatic carbocycles. The van der Waals surface area contributed by atoms with Crippen molar-refractivity contribution in [3.63, 3.8) is 0 Å². The summed E-state index contributed by atoms with van der Waals surface area (Å²) in [6.07, 6.45) is 4.88. The second-order valence-electron chi connectivity index (χ2n) is 6.53. The zero-order chi connectivity index (χ0) is 17.8. The van der Waals surface area contributed by atoms with Crippen molar-refractivity contribution in [2.75, 3.05) is 25.4 Å². The summed E-state index contributed by atoms with van der Waals surface area (Å²) in [6.45, 7) is 4.30. The molecule has 1 unspecified atom stereocenters. The maximum Gasteiger partial charge on any atom is 0.253 e. The molecule has 6 heteroatoms. The number of likely N-dealkylation sites (tertiary alicyclic amines) is 1. The fraction of sp³-hybridized carbons (Fsp3) is 0.474. The van der Waals surface area contributed by atoms with E-state index in [0.717, 1.165) is 43.5 Å². The van der Waals surface area contributed by atoms with Crippen molar-refractivity contribution >= 4 is 11.7 Å². The number of ether oxygens (including phenoxy) is 1. The zero-order valence-corrected chi connectivity index (χ0v) is 14.9. The van der Waals surface area contributed by atoms with E-state index >= 15 is 0 Å². The van der Waals surface area contributed by atoms with Gasteiger partial charge in [-0.1, -0.05) is 19.1 Å². The third kappa shape index (κ3) is 3.85. The van der Waals surface area contributed by atoms with Crippen LogP contribution in [0.3, 0.4) is 0 Å². The Morgan fingerprint density at radius 1 is 1.44 bits per heavy atom. The molecule has 1 aromatic heterocycles. The van der Waals surface area contributed by atoms with Crippen LogP contribution >= 0.6 is 0 Å². The number of aromatic nitrogens is 2. The van der Waals surface area contributed by atoms with Gasteiger partial charge in [0.15, 0.2) is 0 Å². The maximum absolute atomic E-state index is 12.9. The van der Waals surface area contributed by atoms with Crippen molar-refractivity contribution in [2.45, 2.75) is 32.3 Å². The van der Waals surface area contributed by atoms with E-state index in [9.17, 15) is 4.79 Å². The highest BCUT2D eigenvalue weighted by Gasteiger charge is 2.25. The molecule has 0 radical (unpaired) electrons. The lowest BCUT2D eigenvalue weighted by Crippen LogP contribution is -2.43. The average Bonchev–Trinajstić information content (AvgIpc) is 2.98. The smallest absolute Gasteiger partial charge is 0.253 e. The molecule has 3 rings (SSSR count). The highest BCUT2D eigenvalue weighted by atomic mass is 16.5. The van der Waals surface area contributed by atoms with Crippen molar-refractivity contribution in [3.8, 4) is 11.1 Å². The van der Waals surface area contributed by atoms with Gasteiger partial charge in [0.25, 0.3) is 5.91 Å². The number of nitrogen functional groups attached to an aromatic ring is 1. The molecule has 1 fully saturated rings. The monoisotopic (exact) mass is 342 g/mol. The van der Waals surface area contributed by atoms with Gasteiger partial charge >= 0.3 is 0 Å². The van der Waals surface area contributed by atoms with E-state index in [1.54, 1.807) is 17.9 Å². The van der Waals surface area contributed by atoms with E-state index in [1.165, 1.54) is 0 Å². The van der Waals surface area contributed by atoms with Crippen LogP contribution in [-0.2, 0) is 11.8 Å². The lowest BCUT2D eigenvalue weighted by Gasteiger charge is -2.32. The molecule has 1 aliphatic rings. The molecule has 0 spiro atoms. The summed E-state index contributed by atoms with van der Waals surface area (Å²) in [4.78, 5) is 14.8. The van der Waals surface area contributed by atoms with E-state index in [1.807, 2.05) is 29.2 Å². The summed E-state index contributed by atoms with van der Waals surface area (Å²) in [7, 11) is 1.80. The Morgan fingerprint density at radius 3 is 3.00 bits per heavy atom. The summed E-state index contributed by atoms with van der Waals surface area (Å²) in [5.41, 5.74) is 8.49. The summed E-state index contributed by atoms with van der Waals surface area (Å²) in [5.74, 6) is 0.643. The number of carbonyl (C=O) groups is 1. The van der Waals surface area contributed by atoms with Crippen molar-refractivity contribution in [1.29, 1.82) is 0 Å². The van der Waals surface area contributed by atoms with Crippen molar-refractivity contribution in [2.24, 2.45) is 7.05 Å². The Morgan fingerprint density at radius 2 is 2.28 bits per heavy atom. The second kappa shape index (κ2) is 7.70. The van der Waals surface area contributed by atoms with E-state index in [0.29, 0.717) is 17.9 Å². The minimum atomic E-state index is 0.0501. The van der Waals surface area contributed by atoms with Gasteiger partial charge in [0, 0.05) is 37.9 Å². The third-order valence-electron chi connectivity index (χ3n) is 4.63. The van der Waals surface area contributed by atoms with Crippen LogP contribution in [0.1, 0.15) is 36.5 Å². The first-order valence-corrected chi connectivity index (χ1v) is 8.89. The van der Waals surface area contributed by atoms with Gasteiger partial charge in [0.2, 0.25) is 0 Å². The molecule has 1 saturated heterocycles. The highest BCUT2D eigenvalue weighted by Crippen LogP contribution is 2.26. The van der Waals surface area contributed by atoms with Crippen LogP contribution in [0.25, 0.3) is 11.1 Å². The van der Waals surface area contributed by atoms with Crippen molar-refractivity contribution in [3.05, 3.63) is 36.0 Å². The number of carbonyl (C=O) groups excluding carboxylic acids is 1. The first-order valence-electron chi connectivity index (χ1n) is 8.89. The largest absolute Gasteiger partial charge is 0.383 e. The van der Waals surface area contributed by atoms with Gasteiger partial charge in [0.05, 0.1) is 12.3 Å². The van der Waals surface area contributed by atoms with Gasteiger partial charge in [-0.25, -0.2) is 0 Å². The van der Waals surface area contributed by atoms with E-state index in [2.05, 4.69) is 12.0 Å². The summed E-state index contributed by atoms with van der Waals surface area (Å²) >= 11 is 0. The van der Waals surface area contributed by atoms with Crippen LogP contribution in [0.15, 0.2) is 30.5 Å². The number of amides is 1. The average molecular weight is 342 g/mol. The predicted molar refractivity (Wildman–Crippen MR) is 98.2 cm³/mol. The Balaban J connectivity index is 1.76. The molecule has 1 aromatic carbocycles. The molecule has 2 aromatic rings. The molecule has 25 heavy (non-hydrogen) atoms. The summed E-state index contributed by atoms with van der Waals surface area (Å²) in [5, 5.41) is 4.18. The van der Waals surface area contributed by atoms with Gasteiger partial charge in [0.1, 0.15) is 5.82 Å². The normalized spacial score (nSPS) is 17.7. The molecule has 1 aliphatic heterocycles. The summed E-state index contributed by atoms with van der Waals surface area (Å²) in [6, 6.07) is 7.60. The van der Waals surface area contributed by atoms with Crippen LogP contribution in [0, 0.1) is 0 Å². The summed E-state index contributed by atoms with van der Waals surface area (Å²) < 4.78 is 7.47. The molecule has 0 bridgehead atoms. The van der Waals surface area contributed by atoms with Crippen LogP contribution in [0.4, 0.5) is 5.82 Å². The van der Waals surface area contributed by atoms with E-state index < -0.39 is 0 Å². The number of nitrogens with two attached hydrogens (primary N) is 1. The Labute approximate surface area is 148 Å². The lowest BCUT2D eigenvalue weighted by atomic mass is 10.0. The Kier molecular flexibility index (Phi) is 5.38. The van der Waals surface area contributed by atoms with Gasteiger partial charge in [-0.15, -0.1) is 0 Å². The number of hydrogen-bond acceptors (Lipinski definition) is 4. The zero-order valence-electron chi connectivity index (χ0n) is 14.9. The lowest BCUT2D eigenvalue weighted by molar-refractivity contribution is 0.00211. The van der Waals surface area contributed by atoms with Gasteiger partial charge in [-0.3, -0.25) is 9.48 Å². The molecule has 1 amide bonds. The number of aryl methyl sites for hydroxylation is 1. The number of benzene rings is 1. The van der Waals surface area contributed by atoms with Crippen molar-refractivity contribution < 1.29 is 9.53 Å². The Bertz CT molecular complexity index is 741. The number of hydrogen-bond donors (Lipinski definition) is 1. The molecular formula is C19H26N4O2. The minimum absolute atomic E-state index is 0.0501. The molecular weight excluding hydrogens is 316 g/mol. The molecule has 6 nitrogen and oxygen atoms in total. The first kappa shape index (κ1) is 17.5. The SMILES string of the molecule is CCCOC1CCCN(C(=O)c2cccc(-c3cnn(C)c3N)c2)C1. The number of rotatable bonds is 5. The molecule has 0 saturated carbocycles. The number of piperidine rings is 1. The first-order chi connectivity index (χ1) is 12.1. The van der Waals surface area contributed by atoms with Crippen LogP contribution in [-0.4, -0.2) is 46.4 Å². The number of anilines is 1. The minimum Gasteiger partial charge on any atom is -0.383 e. The number of nitrogens with zero attached hydrogens (tertiary/aromatic N) is 3.